The van der Waals surface area contributed by atoms with Crippen molar-refractivity contribution in [2.24, 2.45) is 0 Å². The molecule has 10 nitrogen and oxygen atoms in total. The third kappa shape index (κ3) is 8.82. The summed E-state index contributed by atoms with van der Waals surface area (Å²) in [5.74, 6) is 1.40. The first kappa shape index (κ1) is 37.9. The van der Waals surface area contributed by atoms with Crippen molar-refractivity contribution < 1.29 is 45.5 Å². The summed E-state index contributed by atoms with van der Waals surface area (Å²) in [5.41, 5.74) is 4.29. The minimum atomic E-state index is -2.64. The second-order valence-corrected chi connectivity index (χ2v) is 17.6. The summed E-state index contributed by atoms with van der Waals surface area (Å²) in [5, 5.41) is 4.27. The van der Waals surface area contributed by atoms with Crippen LogP contribution in [-0.2, 0) is 48.9 Å². The molecule has 0 atom stereocenters. The largest absolute Gasteiger partial charge is 0.500 e. The van der Waals surface area contributed by atoms with Crippen molar-refractivity contribution in [3.63, 3.8) is 0 Å². The Labute approximate surface area is 286 Å². The first-order valence-corrected chi connectivity index (χ1v) is 19.9. The zero-order chi connectivity index (χ0) is 34.6. The Balaban J connectivity index is 1.77. The van der Waals surface area contributed by atoms with Crippen LogP contribution < -0.4 is 9.47 Å². The van der Waals surface area contributed by atoms with Gasteiger partial charge in [-0.15, -0.1) is 0 Å². The van der Waals surface area contributed by atoms with E-state index in [1.807, 2.05) is 12.1 Å². The second kappa shape index (κ2) is 18.2. The van der Waals surface area contributed by atoms with Gasteiger partial charge in [0.15, 0.2) is 13.6 Å². The molecule has 4 aromatic carbocycles. The highest BCUT2D eigenvalue weighted by Crippen LogP contribution is 2.46. The van der Waals surface area contributed by atoms with Crippen molar-refractivity contribution in [3.05, 3.63) is 71.8 Å². The van der Waals surface area contributed by atoms with Crippen LogP contribution in [0, 0.1) is 0 Å². The van der Waals surface area contributed by atoms with Gasteiger partial charge in [-0.1, -0.05) is 48.5 Å². The minimum Gasteiger partial charge on any atom is -0.467 e. The molecule has 0 aromatic heterocycles. The second-order valence-electron chi connectivity index (χ2n) is 11.4. The standard InChI is InChI=1S/C36H50O10Si2/c1-37-25-45-33-19-15-29-23-27(11-9-21-47(39-3,40-4)41-5)13-17-31(29)35(33)36-32-18-14-28(12-10-22-48(42-6,43-7)44-8)24-30(32)16-20-34(36)46-26-38-2/h13-20,23-24H,9-12,21-22,25-26H2,1-8H3. The van der Waals surface area contributed by atoms with Gasteiger partial charge in [-0.05, 0) is 70.5 Å². The number of fused-ring (bicyclic) bond motifs is 2. The summed E-state index contributed by atoms with van der Waals surface area (Å²) >= 11 is 0. The van der Waals surface area contributed by atoms with Crippen LogP contribution in [0.2, 0.25) is 12.1 Å². The topological polar surface area (TPSA) is 92.3 Å². The number of hydrogen-bond acceptors (Lipinski definition) is 10. The molecule has 0 aliphatic rings. The Morgan fingerprint density at radius 2 is 0.833 bits per heavy atom. The zero-order valence-electron chi connectivity index (χ0n) is 29.5. The lowest BCUT2D eigenvalue weighted by Gasteiger charge is -2.24. The third-order valence-corrected chi connectivity index (χ3v) is 14.4. The van der Waals surface area contributed by atoms with E-state index in [1.165, 1.54) is 11.1 Å². The predicted octanol–water partition coefficient (Wildman–Crippen LogP) is 7.25. The van der Waals surface area contributed by atoms with Crippen LogP contribution >= 0.6 is 0 Å². The van der Waals surface area contributed by atoms with E-state index in [9.17, 15) is 0 Å². The van der Waals surface area contributed by atoms with Crippen molar-refractivity contribution in [1.29, 1.82) is 0 Å². The maximum Gasteiger partial charge on any atom is 0.500 e. The summed E-state index contributed by atoms with van der Waals surface area (Å²) in [6, 6.07) is 22.8. The summed E-state index contributed by atoms with van der Waals surface area (Å²) in [6.45, 7) is 0.220. The highest BCUT2D eigenvalue weighted by molar-refractivity contribution is 6.60. The predicted molar refractivity (Wildman–Crippen MR) is 192 cm³/mol. The lowest BCUT2D eigenvalue weighted by atomic mass is 9.90. The number of benzene rings is 4. The third-order valence-electron chi connectivity index (χ3n) is 8.77. The lowest BCUT2D eigenvalue weighted by molar-refractivity contribution is 0.0502. The summed E-state index contributed by atoms with van der Waals surface area (Å²) in [6.07, 6.45) is 3.48. The van der Waals surface area contributed by atoms with E-state index in [-0.39, 0.29) is 13.6 Å². The van der Waals surface area contributed by atoms with Crippen LogP contribution in [0.3, 0.4) is 0 Å². The van der Waals surface area contributed by atoms with E-state index >= 15 is 0 Å². The molecule has 0 saturated carbocycles. The normalized spacial score (nSPS) is 12.2. The quantitative estimate of drug-likeness (QED) is 0.0655. The molecule has 0 bridgehead atoms. The monoisotopic (exact) mass is 698 g/mol. The maximum absolute atomic E-state index is 6.19. The number of rotatable bonds is 21. The molecular formula is C36H50O10Si2. The van der Waals surface area contributed by atoms with Gasteiger partial charge in [0.25, 0.3) is 0 Å². The van der Waals surface area contributed by atoms with E-state index < -0.39 is 17.6 Å². The van der Waals surface area contributed by atoms with Gasteiger partial charge >= 0.3 is 17.6 Å². The van der Waals surface area contributed by atoms with Crippen molar-refractivity contribution in [2.75, 3.05) is 70.5 Å². The SMILES string of the molecule is COCOc1ccc2cc(CCC[Si](OC)(OC)OC)ccc2c1-c1c(OCOC)ccc2cc(CCC[Si](OC)(OC)OC)ccc12. The average Bonchev–Trinajstić information content (AvgIpc) is 3.13. The fourth-order valence-electron chi connectivity index (χ4n) is 6.16. The first-order valence-electron chi connectivity index (χ1n) is 16.0. The maximum atomic E-state index is 6.19. The van der Waals surface area contributed by atoms with Gasteiger partial charge in [-0.3, -0.25) is 0 Å². The van der Waals surface area contributed by atoms with Gasteiger partial charge in [0.1, 0.15) is 11.5 Å². The van der Waals surface area contributed by atoms with Gasteiger partial charge in [-0.25, -0.2) is 0 Å². The minimum absolute atomic E-state index is 0.110. The van der Waals surface area contributed by atoms with Crippen LogP contribution in [0.15, 0.2) is 60.7 Å². The molecule has 0 heterocycles. The smallest absolute Gasteiger partial charge is 0.467 e. The first-order chi connectivity index (χ1) is 23.4. The molecule has 0 unspecified atom stereocenters. The summed E-state index contributed by atoms with van der Waals surface area (Å²) < 4.78 is 56.7. The number of hydrogen-bond donors (Lipinski definition) is 0. The molecule has 4 rings (SSSR count). The molecule has 48 heavy (non-hydrogen) atoms. The molecule has 0 aliphatic carbocycles. The van der Waals surface area contributed by atoms with Crippen molar-refractivity contribution in [1.82, 2.24) is 0 Å². The summed E-state index contributed by atoms with van der Waals surface area (Å²) in [7, 11) is 7.86. The van der Waals surface area contributed by atoms with Crippen LogP contribution in [0.25, 0.3) is 32.7 Å². The average molecular weight is 699 g/mol. The Kier molecular flexibility index (Phi) is 14.4. The molecule has 0 aliphatic heterocycles. The molecule has 262 valence electrons. The van der Waals surface area contributed by atoms with Gasteiger partial charge in [0.2, 0.25) is 0 Å². The highest BCUT2D eigenvalue weighted by Gasteiger charge is 2.37. The van der Waals surface area contributed by atoms with Gasteiger partial charge < -0.3 is 45.5 Å². The Morgan fingerprint density at radius 3 is 1.17 bits per heavy atom. The molecule has 0 amide bonds. The van der Waals surface area contributed by atoms with Gasteiger partial charge in [0.05, 0.1) is 0 Å². The lowest BCUT2D eigenvalue weighted by Crippen LogP contribution is -2.42. The van der Waals surface area contributed by atoms with Crippen LogP contribution in [0.1, 0.15) is 24.0 Å². The molecular weight excluding hydrogens is 649 g/mol. The molecule has 0 N–H and O–H groups in total. The highest BCUT2D eigenvalue weighted by atomic mass is 28.4. The van der Waals surface area contributed by atoms with E-state index in [1.54, 1.807) is 56.9 Å². The van der Waals surface area contributed by atoms with Crippen molar-refractivity contribution in [2.45, 2.75) is 37.8 Å². The van der Waals surface area contributed by atoms with Crippen LogP contribution in [0.5, 0.6) is 11.5 Å². The molecule has 0 spiro atoms. The fourth-order valence-corrected chi connectivity index (χ4v) is 9.61. The molecule has 0 fully saturated rings. The van der Waals surface area contributed by atoms with Gasteiger partial charge in [-0.2, -0.15) is 0 Å². The fraction of sp³-hybridized carbons (Fsp3) is 0.444. The molecule has 12 heteroatoms. The Morgan fingerprint density at radius 1 is 0.458 bits per heavy atom. The van der Waals surface area contributed by atoms with Crippen molar-refractivity contribution >= 4 is 39.2 Å². The zero-order valence-corrected chi connectivity index (χ0v) is 31.5. The molecule has 0 radical (unpaired) electrons. The number of ether oxygens (including phenoxy) is 4. The molecule has 4 aromatic rings. The van der Waals surface area contributed by atoms with Gasteiger partial charge in [0, 0.05) is 80.1 Å². The Bertz CT molecular complexity index is 1470. The van der Waals surface area contributed by atoms with Crippen LogP contribution in [0.4, 0.5) is 0 Å². The summed E-state index contributed by atoms with van der Waals surface area (Å²) in [4.78, 5) is 0. The van der Waals surface area contributed by atoms with E-state index in [2.05, 4.69) is 48.5 Å². The van der Waals surface area contributed by atoms with Crippen molar-refractivity contribution in [3.8, 4) is 22.6 Å². The Hall–Kier alpha value is -2.89. The van der Waals surface area contributed by atoms with Crippen LogP contribution in [-0.4, -0.2) is 88.1 Å². The van der Waals surface area contributed by atoms with E-state index in [0.717, 1.165) is 70.4 Å². The molecule has 0 saturated heterocycles. The number of methoxy groups -OCH3 is 2. The van der Waals surface area contributed by atoms with E-state index in [4.69, 9.17) is 45.5 Å². The van der Waals surface area contributed by atoms with E-state index in [0.29, 0.717) is 11.5 Å². The number of aryl methyl sites for hydroxylation is 2.